The van der Waals surface area contributed by atoms with Gasteiger partial charge in [-0.15, -0.1) is 0 Å². The quantitative estimate of drug-likeness (QED) is 0.322. The number of hydrogen-bond donors (Lipinski definition) is 1. The topological polar surface area (TPSA) is 32.3 Å². The summed E-state index contributed by atoms with van der Waals surface area (Å²) in [7, 11) is 0. The summed E-state index contributed by atoms with van der Waals surface area (Å²) in [6, 6.07) is 42.5. The molecule has 1 atom stereocenters. The Bertz CT molecular complexity index is 1160. The molecule has 3 heteroatoms. The average molecular weight is 475 g/mol. The maximum absolute atomic E-state index is 13.4. The Balaban J connectivity index is 1.31. The molecule has 1 unspecified atom stereocenters. The summed E-state index contributed by atoms with van der Waals surface area (Å²) in [5, 5.41) is 3.38. The molecule has 1 N–H and O–H groups in total. The van der Waals surface area contributed by atoms with Crippen molar-refractivity contribution in [3.8, 4) is 0 Å². The zero-order chi connectivity index (χ0) is 24.8. The van der Waals surface area contributed by atoms with Crippen LogP contribution in [0.4, 0.5) is 0 Å². The van der Waals surface area contributed by atoms with Crippen molar-refractivity contribution in [2.45, 2.75) is 37.3 Å². The number of benzene rings is 4. The maximum atomic E-state index is 13.4. The molecule has 4 aromatic rings. The second-order valence-corrected chi connectivity index (χ2v) is 10.0. The third kappa shape index (κ3) is 5.27. The molecule has 0 aromatic heterocycles. The molecule has 1 amide bonds. The number of nitrogens with one attached hydrogen (secondary N) is 1. The van der Waals surface area contributed by atoms with Crippen molar-refractivity contribution < 1.29 is 4.79 Å². The fourth-order valence-corrected chi connectivity index (χ4v) is 5.61. The van der Waals surface area contributed by atoms with E-state index in [1.165, 1.54) is 11.1 Å². The minimum atomic E-state index is -0.387. The van der Waals surface area contributed by atoms with Crippen molar-refractivity contribution in [1.82, 2.24) is 10.2 Å². The lowest BCUT2D eigenvalue weighted by atomic mass is 9.73. The lowest BCUT2D eigenvalue weighted by Gasteiger charge is -2.31. The van der Waals surface area contributed by atoms with E-state index in [4.69, 9.17) is 0 Å². The van der Waals surface area contributed by atoms with Crippen LogP contribution in [-0.4, -0.2) is 29.9 Å². The summed E-state index contributed by atoms with van der Waals surface area (Å²) >= 11 is 0. The van der Waals surface area contributed by atoms with Crippen molar-refractivity contribution in [3.63, 3.8) is 0 Å². The standard InChI is InChI=1S/C33H34N2O/c1-33(28-18-10-4-11-19-28,29-20-12-5-13-21-29)24-31(36)34-30-22-23-35(25-30)32(26-14-6-2-7-15-26)27-16-8-3-9-17-27/h2-21,30,32H,22-25H2,1H3,(H,34,36). The van der Waals surface area contributed by atoms with Gasteiger partial charge in [0.2, 0.25) is 5.91 Å². The molecule has 4 aromatic carbocycles. The van der Waals surface area contributed by atoms with Gasteiger partial charge in [-0.2, -0.15) is 0 Å². The fraction of sp³-hybridized carbons (Fsp3) is 0.242. The molecule has 182 valence electrons. The van der Waals surface area contributed by atoms with Crippen LogP contribution in [-0.2, 0) is 10.2 Å². The largest absolute Gasteiger partial charge is 0.352 e. The predicted molar refractivity (Wildman–Crippen MR) is 147 cm³/mol. The summed E-state index contributed by atoms with van der Waals surface area (Å²) in [4.78, 5) is 16.0. The first-order chi connectivity index (χ1) is 17.6. The van der Waals surface area contributed by atoms with E-state index in [2.05, 4.69) is 126 Å². The Morgan fingerprint density at radius 3 is 1.69 bits per heavy atom. The van der Waals surface area contributed by atoms with E-state index in [1.807, 2.05) is 12.1 Å². The van der Waals surface area contributed by atoms with E-state index in [0.29, 0.717) is 6.42 Å². The number of hydrogen-bond acceptors (Lipinski definition) is 2. The number of rotatable bonds is 8. The van der Waals surface area contributed by atoms with Crippen LogP contribution in [0.5, 0.6) is 0 Å². The van der Waals surface area contributed by atoms with Gasteiger partial charge < -0.3 is 5.32 Å². The lowest BCUT2D eigenvalue weighted by molar-refractivity contribution is -0.122. The smallest absolute Gasteiger partial charge is 0.221 e. The van der Waals surface area contributed by atoms with Gasteiger partial charge in [-0.05, 0) is 28.7 Å². The molecule has 1 fully saturated rings. The van der Waals surface area contributed by atoms with E-state index in [1.54, 1.807) is 0 Å². The highest BCUT2D eigenvalue weighted by Gasteiger charge is 2.34. The van der Waals surface area contributed by atoms with Crippen LogP contribution in [0, 0.1) is 0 Å². The van der Waals surface area contributed by atoms with Crippen LogP contribution in [0.15, 0.2) is 121 Å². The summed E-state index contributed by atoms with van der Waals surface area (Å²) in [6.45, 7) is 3.97. The Kier molecular flexibility index (Phi) is 7.29. The molecule has 0 aliphatic carbocycles. The van der Waals surface area contributed by atoms with Crippen LogP contribution in [0.1, 0.15) is 48.1 Å². The van der Waals surface area contributed by atoms with E-state index >= 15 is 0 Å². The molecule has 1 heterocycles. The number of likely N-dealkylation sites (tertiary alicyclic amines) is 1. The number of carbonyl (C=O) groups is 1. The van der Waals surface area contributed by atoms with E-state index in [9.17, 15) is 4.79 Å². The van der Waals surface area contributed by atoms with Crippen molar-refractivity contribution in [1.29, 1.82) is 0 Å². The Labute approximate surface area is 214 Å². The number of nitrogens with zero attached hydrogens (tertiary/aromatic N) is 1. The molecule has 5 rings (SSSR count). The molecule has 0 spiro atoms. The normalized spacial score (nSPS) is 16.2. The first kappa shape index (κ1) is 24.0. The van der Waals surface area contributed by atoms with Gasteiger partial charge in [-0.1, -0.05) is 128 Å². The second-order valence-electron chi connectivity index (χ2n) is 10.0. The molecule has 36 heavy (non-hydrogen) atoms. The maximum Gasteiger partial charge on any atom is 0.221 e. The average Bonchev–Trinajstić information content (AvgIpc) is 3.38. The van der Waals surface area contributed by atoms with Crippen LogP contribution >= 0.6 is 0 Å². The van der Waals surface area contributed by atoms with Crippen molar-refractivity contribution in [3.05, 3.63) is 144 Å². The molecular formula is C33H34N2O. The molecule has 0 radical (unpaired) electrons. The van der Waals surface area contributed by atoms with Gasteiger partial charge in [0.05, 0.1) is 6.04 Å². The Hall–Kier alpha value is -3.69. The highest BCUT2D eigenvalue weighted by atomic mass is 16.1. The van der Waals surface area contributed by atoms with Crippen molar-refractivity contribution in [2.75, 3.05) is 13.1 Å². The van der Waals surface area contributed by atoms with E-state index in [0.717, 1.165) is 30.6 Å². The monoisotopic (exact) mass is 474 g/mol. The highest BCUT2D eigenvalue weighted by molar-refractivity contribution is 5.79. The first-order valence-corrected chi connectivity index (χ1v) is 12.9. The third-order valence-electron chi connectivity index (χ3n) is 7.52. The SMILES string of the molecule is CC(CC(=O)NC1CCN(C(c2ccccc2)c2ccccc2)C1)(c1ccccc1)c1ccccc1. The molecule has 0 bridgehead atoms. The molecule has 1 aliphatic rings. The Morgan fingerprint density at radius 2 is 1.22 bits per heavy atom. The summed E-state index contributed by atoms with van der Waals surface area (Å²) in [5.41, 5.74) is 4.51. The van der Waals surface area contributed by atoms with Gasteiger partial charge >= 0.3 is 0 Å². The number of amides is 1. The van der Waals surface area contributed by atoms with Crippen LogP contribution in [0.3, 0.4) is 0 Å². The minimum absolute atomic E-state index is 0.105. The fourth-order valence-electron chi connectivity index (χ4n) is 5.61. The lowest BCUT2D eigenvalue weighted by Crippen LogP contribution is -2.41. The summed E-state index contributed by atoms with van der Waals surface area (Å²) in [5.74, 6) is 0.105. The van der Waals surface area contributed by atoms with Crippen LogP contribution in [0.25, 0.3) is 0 Å². The van der Waals surface area contributed by atoms with Crippen LogP contribution in [0.2, 0.25) is 0 Å². The van der Waals surface area contributed by atoms with Gasteiger partial charge in [-0.25, -0.2) is 0 Å². The van der Waals surface area contributed by atoms with Crippen molar-refractivity contribution >= 4 is 5.91 Å². The van der Waals surface area contributed by atoms with Gasteiger partial charge in [0, 0.05) is 31.0 Å². The van der Waals surface area contributed by atoms with Gasteiger partial charge in [0.15, 0.2) is 0 Å². The van der Waals surface area contributed by atoms with E-state index < -0.39 is 0 Å². The molecule has 1 saturated heterocycles. The molecule has 3 nitrogen and oxygen atoms in total. The predicted octanol–water partition coefficient (Wildman–Crippen LogP) is 6.36. The van der Waals surface area contributed by atoms with Gasteiger partial charge in [-0.3, -0.25) is 9.69 Å². The molecular weight excluding hydrogens is 440 g/mol. The van der Waals surface area contributed by atoms with Crippen LogP contribution < -0.4 is 5.32 Å². The molecule has 1 aliphatic heterocycles. The Morgan fingerprint density at radius 1 is 0.778 bits per heavy atom. The van der Waals surface area contributed by atoms with Crippen molar-refractivity contribution in [2.24, 2.45) is 0 Å². The van der Waals surface area contributed by atoms with E-state index in [-0.39, 0.29) is 23.4 Å². The number of carbonyl (C=O) groups excluding carboxylic acids is 1. The second kappa shape index (κ2) is 10.9. The third-order valence-corrected chi connectivity index (χ3v) is 7.52. The zero-order valence-electron chi connectivity index (χ0n) is 20.9. The highest BCUT2D eigenvalue weighted by Crippen LogP contribution is 2.36. The molecule has 0 saturated carbocycles. The summed E-state index contributed by atoms with van der Waals surface area (Å²) in [6.07, 6.45) is 1.37. The first-order valence-electron chi connectivity index (χ1n) is 12.9. The zero-order valence-corrected chi connectivity index (χ0v) is 20.9. The van der Waals surface area contributed by atoms with Gasteiger partial charge in [0.1, 0.15) is 0 Å². The minimum Gasteiger partial charge on any atom is -0.352 e. The summed E-state index contributed by atoms with van der Waals surface area (Å²) < 4.78 is 0. The van der Waals surface area contributed by atoms with Gasteiger partial charge in [0.25, 0.3) is 0 Å².